The van der Waals surface area contributed by atoms with Crippen molar-refractivity contribution < 1.29 is 42.1 Å². The van der Waals surface area contributed by atoms with E-state index < -0.39 is 35.6 Å². The number of carbonyl (C=O) groups excluding carboxylic acids is 2. The maximum atomic E-state index is 13.4. The number of alkyl halides is 3. The van der Waals surface area contributed by atoms with Crippen molar-refractivity contribution >= 4 is 34.7 Å². The number of carbonyl (C=O) groups is 2. The smallest absolute Gasteiger partial charge is 0.507 e. The molecule has 1 N–H and O–H groups in total. The summed E-state index contributed by atoms with van der Waals surface area (Å²) in [5, 5.41) is 11.6. The maximum absolute atomic E-state index is 13.4. The van der Waals surface area contributed by atoms with E-state index in [-0.39, 0.29) is 33.3 Å². The number of halogens is 4. The van der Waals surface area contributed by atoms with Gasteiger partial charge < -0.3 is 19.3 Å². The monoisotopic (exact) mass is 547 g/mol. The van der Waals surface area contributed by atoms with E-state index >= 15 is 0 Å². The predicted molar refractivity (Wildman–Crippen MR) is 134 cm³/mol. The second kappa shape index (κ2) is 10.3. The highest BCUT2D eigenvalue weighted by Gasteiger charge is 2.47. The Morgan fingerprint density at radius 1 is 0.974 bits per heavy atom. The van der Waals surface area contributed by atoms with E-state index in [1.54, 1.807) is 31.2 Å². The largest absolute Gasteiger partial charge is 0.573 e. The number of anilines is 1. The summed E-state index contributed by atoms with van der Waals surface area (Å²) in [6.07, 6.45) is -4.97. The van der Waals surface area contributed by atoms with E-state index in [9.17, 15) is 27.9 Å². The Bertz CT molecular complexity index is 1450. The quantitative estimate of drug-likeness (QED) is 0.225. The summed E-state index contributed by atoms with van der Waals surface area (Å²) in [5.74, 6) is -2.99. The minimum absolute atomic E-state index is 0.0264. The molecule has 1 aliphatic heterocycles. The molecule has 38 heavy (non-hydrogen) atoms. The first-order valence-electron chi connectivity index (χ1n) is 11.1. The van der Waals surface area contributed by atoms with E-state index in [4.69, 9.17) is 21.1 Å². The number of hydrogen-bond donors (Lipinski definition) is 1. The van der Waals surface area contributed by atoms with Gasteiger partial charge in [0.2, 0.25) is 0 Å². The maximum Gasteiger partial charge on any atom is 0.573 e. The van der Waals surface area contributed by atoms with Gasteiger partial charge in [0.1, 0.15) is 23.0 Å². The molecule has 1 amide bonds. The van der Waals surface area contributed by atoms with Crippen molar-refractivity contribution in [2.24, 2.45) is 0 Å². The number of aryl methyl sites for hydroxylation is 1. The molecule has 1 unspecified atom stereocenters. The predicted octanol–water partition coefficient (Wildman–Crippen LogP) is 6.19. The number of nitrogens with zero attached hydrogens (tertiary/aromatic N) is 1. The third kappa shape index (κ3) is 5.12. The van der Waals surface area contributed by atoms with Crippen LogP contribution in [0.5, 0.6) is 17.2 Å². The molecule has 198 valence electrons. The van der Waals surface area contributed by atoms with Crippen molar-refractivity contribution in [3.05, 3.63) is 87.9 Å². The lowest BCUT2D eigenvalue weighted by atomic mass is 9.94. The lowest BCUT2D eigenvalue weighted by Crippen LogP contribution is -2.29. The number of aliphatic hydroxyl groups is 1. The van der Waals surface area contributed by atoms with Crippen LogP contribution in [-0.2, 0) is 9.59 Å². The van der Waals surface area contributed by atoms with Gasteiger partial charge in [-0.05, 0) is 30.7 Å². The minimum atomic E-state index is -4.97. The van der Waals surface area contributed by atoms with Crippen molar-refractivity contribution in [3.8, 4) is 17.2 Å². The molecule has 0 bridgehead atoms. The van der Waals surface area contributed by atoms with Crippen molar-refractivity contribution in [2.45, 2.75) is 19.3 Å². The molecule has 0 radical (unpaired) electrons. The topological polar surface area (TPSA) is 85.3 Å². The number of aliphatic hydroxyl groups excluding tert-OH is 1. The summed E-state index contributed by atoms with van der Waals surface area (Å²) in [7, 11) is 2.69. The van der Waals surface area contributed by atoms with Gasteiger partial charge in [0.15, 0.2) is 0 Å². The van der Waals surface area contributed by atoms with Crippen LogP contribution in [0, 0.1) is 6.92 Å². The highest BCUT2D eigenvalue weighted by molar-refractivity contribution is 6.51. The Balaban J connectivity index is 1.97. The molecule has 0 aliphatic carbocycles. The molecule has 3 aromatic carbocycles. The van der Waals surface area contributed by atoms with E-state index in [2.05, 4.69) is 4.74 Å². The van der Waals surface area contributed by atoms with Crippen LogP contribution in [0.2, 0.25) is 5.02 Å². The van der Waals surface area contributed by atoms with Gasteiger partial charge in [0, 0.05) is 17.8 Å². The first-order chi connectivity index (χ1) is 17.9. The average Bonchev–Trinajstić information content (AvgIpc) is 3.12. The number of ether oxygens (including phenoxy) is 3. The third-order valence-corrected chi connectivity index (χ3v) is 6.16. The molecule has 1 aliphatic rings. The lowest BCUT2D eigenvalue weighted by Gasteiger charge is -2.26. The third-order valence-electron chi connectivity index (χ3n) is 5.86. The zero-order chi connectivity index (χ0) is 27.8. The molecular weight excluding hydrogens is 527 g/mol. The van der Waals surface area contributed by atoms with Gasteiger partial charge >= 0.3 is 6.36 Å². The lowest BCUT2D eigenvalue weighted by molar-refractivity contribution is -0.274. The second-order valence-electron chi connectivity index (χ2n) is 8.32. The summed E-state index contributed by atoms with van der Waals surface area (Å²) in [6.45, 7) is 1.79. The molecular formula is C27H21ClF3NO6. The van der Waals surface area contributed by atoms with Crippen LogP contribution >= 0.6 is 11.6 Å². The first-order valence-corrected chi connectivity index (χ1v) is 11.5. The van der Waals surface area contributed by atoms with Gasteiger partial charge in [-0.3, -0.25) is 14.5 Å². The fourth-order valence-corrected chi connectivity index (χ4v) is 4.51. The Morgan fingerprint density at radius 2 is 1.66 bits per heavy atom. The summed E-state index contributed by atoms with van der Waals surface area (Å²) in [6, 6.07) is 13.1. The summed E-state index contributed by atoms with van der Waals surface area (Å²) in [4.78, 5) is 27.7. The molecule has 1 saturated heterocycles. The number of methoxy groups -OCH3 is 2. The van der Waals surface area contributed by atoms with Gasteiger partial charge in [0.25, 0.3) is 11.7 Å². The normalized spacial score (nSPS) is 17.0. The average molecular weight is 548 g/mol. The van der Waals surface area contributed by atoms with Crippen molar-refractivity contribution in [1.82, 2.24) is 0 Å². The molecule has 1 heterocycles. The fraction of sp³-hybridized carbons (Fsp3) is 0.185. The number of hydrogen-bond acceptors (Lipinski definition) is 6. The zero-order valence-corrected chi connectivity index (χ0v) is 21.1. The molecule has 3 aromatic rings. The molecule has 7 nitrogen and oxygen atoms in total. The van der Waals surface area contributed by atoms with Crippen LogP contribution in [0.1, 0.15) is 22.7 Å². The van der Waals surface area contributed by atoms with Crippen molar-refractivity contribution in [3.63, 3.8) is 0 Å². The molecule has 0 aromatic heterocycles. The molecule has 1 fully saturated rings. The minimum Gasteiger partial charge on any atom is -0.507 e. The standard InChI is InChI=1S/C27H21ClF3NO6/c1-14-6-4-7-15(10-14)23-22(24(33)18-12-21(37-3)19(28)13-20(18)36-2)25(34)26(35)32(23)16-8-5-9-17(11-16)38-27(29,30)31/h4-13,23,33H,1-3H3/b24-22+. The molecule has 4 rings (SSSR count). The van der Waals surface area contributed by atoms with Gasteiger partial charge in [0.05, 0.1) is 36.4 Å². The Hall–Kier alpha value is -4.18. The van der Waals surface area contributed by atoms with Gasteiger partial charge in [-0.25, -0.2) is 0 Å². The highest BCUT2D eigenvalue weighted by atomic mass is 35.5. The SMILES string of the molecule is COc1cc(/C(O)=C2\C(=O)C(=O)N(c3cccc(OC(F)(F)F)c3)C2c2cccc(C)c2)c(OC)cc1Cl. The van der Waals surface area contributed by atoms with E-state index in [1.807, 2.05) is 0 Å². The zero-order valence-electron chi connectivity index (χ0n) is 20.3. The highest BCUT2D eigenvalue weighted by Crippen LogP contribution is 2.45. The summed E-state index contributed by atoms with van der Waals surface area (Å²) >= 11 is 6.18. The van der Waals surface area contributed by atoms with E-state index in [0.29, 0.717) is 5.56 Å². The van der Waals surface area contributed by atoms with Gasteiger partial charge in [-0.1, -0.05) is 47.5 Å². The number of Topliss-reactive ketones (excluding diaryl/α,β-unsaturated/α-hetero) is 1. The number of rotatable bonds is 6. The van der Waals surface area contributed by atoms with Crippen LogP contribution in [0.25, 0.3) is 5.76 Å². The van der Waals surface area contributed by atoms with Crippen LogP contribution in [0.3, 0.4) is 0 Å². The molecule has 0 saturated carbocycles. The van der Waals surface area contributed by atoms with Crippen molar-refractivity contribution in [1.29, 1.82) is 0 Å². The molecule has 0 spiro atoms. The molecule has 1 atom stereocenters. The number of amides is 1. The van der Waals surface area contributed by atoms with Crippen LogP contribution in [0.4, 0.5) is 18.9 Å². The van der Waals surface area contributed by atoms with Crippen molar-refractivity contribution in [2.75, 3.05) is 19.1 Å². The summed E-state index contributed by atoms with van der Waals surface area (Å²) < 4.78 is 53.2. The Kier molecular flexibility index (Phi) is 7.28. The van der Waals surface area contributed by atoms with Crippen LogP contribution in [0.15, 0.2) is 66.2 Å². The summed E-state index contributed by atoms with van der Waals surface area (Å²) in [5.41, 5.74) is 0.907. The Morgan fingerprint density at radius 3 is 2.29 bits per heavy atom. The van der Waals surface area contributed by atoms with E-state index in [0.717, 1.165) is 22.6 Å². The first kappa shape index (κ1) is 26.9. The van der Waals surface area contributed by atoms with Crippen LogP contribution in [-0.4, -0.2) is 37.4 Å². The number of ketones is 1. The second-order valence-corrected chi connectivity index (χ2v) is 8.72. The Labute approximate surface area is 220 Å². The van der Waals surface area contributed by atoms with Gasteiger partial charge in [-0.2, -0.15) is 0 Å². The molecule has 11 heteroatoms. The fourth-order valence-electron chi connectivity index (χ4n) is 4.28. The van der Waals surface area contributed by atoms with E-state index in [1.165, 1.54) is 38.5 Å². The number of benzene rings is 3. The van der Waals surface area contributed by atoms with Crippen LogP contribution < -0.4 is 19.1 Å². The van der Waals surface area contributed by atoms with Gasteiger partial charge in [-0.15, -0.1) is 13.2 Å².